The molecule has 0 amide bonds. The molecule has 0 aromatic heterocycles. The van der Waals surface area contributed by atoms with Gasteiger partial charge < -0.3 is 4.74 Å². The molecule has 0 saturated heterocycles. The van der Waals surface area contributed by atoms with E-state index in [0.717, 1.165) is 6.07 Å². The van der Waals surface area contributed by atoms with Crippen molar-refractivity contribution in [2.45, 2.75) is 10.1 Å². The molecule has 0 radical (unpaired) electrons. The van der Waals surface area contributed by atoms with Crippen LogP contribution in [0.15, 0.2) is 47.4 Å². The van der Waals surface area contributed by atoms with Gasteiger partial charge in [0.05, 0.1) is 0 Å². The molecule has 1 unspecified atom stereocenters. The van der Waals surface area contributed by atoms with E-state index in [-0.39, 0.29) is 22.6 Å². The van der Waals surface area contributed by atoms with Crippen molar-refractivity contribution in [2.24, 2.45) is 0 Å². The summed E-state index contributed by atoms with van der Waals surface area (Å²) < 4.78 is 71.0. The third-order valence-corrected chi connectivity index (χ3v) is 5.28. The summed E-state index contributed by atoms with van der Waals surface area (Å²) in [7, 11) is -9.39. The Bertz CT molecular complexity index is 962. The van der Waals surface area contributed by atoms with Crippen molar-refractivity contribution < 1.29 is 30.7 Å². The standard InChI is InChI=1S/C13H10O7S2/c14-21(15,16)11-7-3-6-10-12(11)13(22(17,18)19)8-4-1-2-5-9(8)20-10/h1-7,13H,(H,14,15,16)(H,17,18,19). The largest absolute Gasteiger partial charge is 0.457 e. The molecule has 1 aliphatic rings. The van der Waals surface area contributed by atoms with E-state index in [0.29, 0.717) is 0 Å². The highest BCUT2D eigenvalue weighted by Crippen LogP contribution is 2.48. The monoisotopic (exact) mass is 342 g/mol. The van der Waals surface area contributed by atoms with Crippen LogP contribution in [0.5, 0.6) is 11.5 Å². The fourth-order valence-corrected chi connectivity index (χ4v) is 4.35. The molecule has 1 heterocycles. The molecule has 9 heteroatoms. The summed E-state index contributed by atoms with van der Waals surface area (Å²) in [6.07, 6.45) is 0. The predicted octanol–water partition coefficient (Wildman–Crippen LogP) is 2.02. The molecule has 3 rings (SSSR count). The Morgan fingerprint density at radius 3 is 2.14 bits per heavy atom. The minimum absolute atomic E-state index is 0.0588. The fourth-order valence-electron chi connectivity index (χ4n) is 2.47. The first kappa shape index (κ1) is 15.0. The van der Waals surface area contributed by atoms with Crippen LogP contribution in [-0.4, -0.2) is 25.9 Å². The number of hydrogen-bond acceptors (Lipinski definition) is 5. The van der Waals surface area contributed by atoms with Gasteiger partial charge in [-0.3, -0.25) is 9.11 Å². The van der Waals surface area contributed by atoms with Gasteiger partial charge in [-0.05, 0) is 18.2 Å². The fraction of sp³-hybridized carbons (Fsp3) is 0.0769. The van der Waals surface area contributed by atoms with Gasteiger partial charge in [-0.1, -0.05) is 24.3 Å². The van der Waals surface area contributed by atoms with Crippen LogP contribution in [0.3, 0.4) is 0 Å². The van der Waals surface area contributed by atoms with E-state index in [9.17, 15) is 25.9 Å². The number of rotatable bonds is 2. The molecule has 22 heavy (non-hydrogen) atoms. The van der Waals surface area contributed by atoms with Crippen LogP contribution in [-0.2, 0) is 20.2 Å². The molecule has 0 spiro atoms. The Kier molecular flexibility index (Phi) is 3.25. The molecule has 1 aliphatic heterocycles. The van der Waals surface area contributed by atoms with Gasteiger partial charge in [0, 0.05) is 11.1 Å². The Hall–Kier alpha value is -1.94. The third-order valence-electron chi connectivity index (χ3n) is 3.29. The minimum Gasteiger partial charge on any atom is -0.457 e. The number of ether oxygens (including phenoxy) is 1. The van der Waals surface area contributed by atoms with Gasteiger partial charge in [-0.15, -0.1) is 0 Å². The molecular weight excluding hydrogens is 332 g/mol. The summed E-state index contributed by atoms with van der Waals surface area (Å²) in [5.74, 6) is 0.126. The molecule has 2 aromatic carbocycles. The average Bonchev–Trinajstić information content (AvgIpc) is 2.41. The van der Waals surface area contributed by atoms with Crippen LogP contribution in [0.2, 0.25) is 0 Å². The Balaban J connectivity index is 2.42. The summed E-state index contributed by atoms with van der Waals surface area (Å²) >= 11 is 0. The number of benzene rings is 2. The third kappa shape index (κ3) is 2.37. The second-order valence-corrected chi connectivity index (χ2v) is 7.57. The topological polar surface area (TPSA) is 118 Å². The van der Waals surface area contributed by atoms with Crippen molar-refractivity contribution in [3.63, 3.8) is 0 Å². The van der Waals surface area contributed by atoms with Gasteiger partial charge >= 0.3 is 0 Å². The van der Waals surface area contributed by atoms with E-state index in [1.807, 2.05) is 0 Å². The molecule has 7 nitrogen and oxygen atoms in total. The van der Waals surface area contributed by atoms with Crippen LogP contribution in [0.4, 0.5) is 0 Å². The number of para-hydroxylation sites is 1. The zero-order chi connectivity index (χ0) is 16.1. The van der Waals surface area contributed by atoms with Crippen molar-refractivity contribution in [1.29, 1.82) is 0 Å². The summed E-state index contributed by atoms with van der Waals surface area (Å²) in [6, 6.07) is 9.74. The van der Waals surface area contributed by atoms with E-state index in [2.05, 4.69) is 0 Å². The Morgan fingerprint density at radius 2 is 1.50 bits per heavy atom. The Labute approximate surface area is 126 Å². The lowest BCUT2D eigenvalue weighted by Crippen LogP contribution is -2.21. The maximum absolute atomic E-state index is 11.8. The zero-order valence-corrected chi connectivity index (χ0v) is 12.5. The number of fused-ring (bicyclic) bond motifs is 2. The maximum atomic E-state index is 11.8. The quantitative estimate of drug-likeness (QED) is 0.801. The zero-order valence-electron chi connectivity index (χ0n) is 10.9. The highest BCUT2D eigenvalue weighted by molar-refractivity contribution is 7.87. The molecule has 0 fully saturated rings. The van der Waals surface area contributed by atoms with Gasteiger partial charge in [0.25, 0.3) is 20.2 Å². The van der Waals surface area contributed by atoms with Gasteiger partial charge in [0.2, 0.25) is 0 Å². The molecule has 116 valence electrons. The first-order valence-electron chi connectivity index (χ1n) is 6.03. The smallest absolute Gasteiger partial charge is 0.294 e. The van der Waals surface area contributed by atoms with Crippen molar-refractivity contribution in [3.8, 4) is 11.5 Å². The van der Waals surface area contributed by atoms with E-state index in [1.165, 1.54) is 30.3 Å². The number of hydrogen-bond donors (Lipinski definition) is 2. The lowest BCUT2D eigenvalue weighted by Gasteiger charge is -2.27. The highest BCUT2D eigenvalue weighted by atomic mass is 32.2. The van der Waals surface area contributed by atoms with Gasteiger partial charge in [-0.2, -0.15) is 16.8 Å². The molecule has 0 aliphatic carbocycles. The van der Waals surface area contributed by atoms with Crippen molar-refractivity contribution in [2.75, 3.05) is 0 Å². The van der Waals surface area contributed by atoms with E-state index < -0.39 is 30.4 Å². The SMILES string of the molecule is O=S(=O)(O)c1cccc2c1C(S(=O)(=O)O)c1ccccc1O2. The van der Waals surface area contributed by atoms with E-state index in [1.54, 1.807) is 6.07 Å². The first-order chi connectivity index (χ1) is 10.2. The van der Waals surface area contributed by atoms with Crippen LogP contribution < -0.4 is 4.74 Å². The van der Waals surface area contributed by atoms with Crippen molar-refractivity contribution in [1.82, 2.24) is 0 Å². The first-order valence-corrected chi connectivity index (χ1v) is 8.97. The second kappa shape index (κ2) is 4.78. The highest BCUT2D eigenvalue weighted by Gasteiger charge is 2.40. The molecular formula is C13H10O7S2. The average molecular weight is 342 g/mol. The van der Waals surface area contributed by atoms with Crippen LogP contribution in [0.1, 0.15) is 16.4 Å². The van der Waals surface area contributed by atoms with E-state index >= 15 is 0 Å². The summed E-state index contributed by atoms with van der Waals surface area (Å²) in [5.41, 5.74) is -0.222. The lowest BCUT2D eigenvalue weighted by atomic mass is 10.00. The molecule has 0 saturated carbocycles. The van der Waals surface area contributed by atoms with Crippen LogP contribution in [0.25, 0.3) is 0 Å². The molecule has 2 aromatic rings. The normalized spacial score (nSPS) is 17.3. The van der Waals surface area contributed by atoms with Gasteiger partial charge in [0.15, 0.2) is 0 Å². The molecule has 1 atom stereocenters. The van der Waals surface area contributed by atoms with Crippen molar-refractivity contribution in [3.05, 3.63) is 53.6 Å². The summed E-state index contributed by atoms with van der Waals surface area (Å²) in [5, 5.41) is -1.66. The second-order valence-electron chi connectivity index (χ2n) is 4.68. The van der Waals surface area contributed by atoms with Crippen LogP contribution >= 0.6 is 0 Å². The van der Waals surface area contributed by atoms with Crippen LogP contribution in [0, 0.1) is 0 Å². The van der Waals surface area contributed by atoms with Gasteiger partial charge in [-0.25, -0.2) is 0 Å². The lowest BCUT2D eigenvalue weighted by molar-refractivity contribution is 0.432. The maximum Gasteiger partial charge on any atom is 0.294 e. The molecule has 0 bridgehead atoms. The van der Waals surface area contributed by atoms with Gasteiger partial charge in [0.1, 0.15) is 21.6 Å². The Morgan fingerprint density at radius 1 is 0.864 bits per heavy atom. The predicted molar refractivity (Wildman–Crippen MR) is 76.2 cm³/mol. The summed E-state index contributed by atoms with van der Waals surface area (Å²) in [4.78, 5) is -0.623. The minimum atomic E-state index is -4.70. The van der Waals surface area contributed by atoms with E-state index in [4.69, 9.17) is 4.74 Å². The van der Waals surface area contributed by atoms with Crippen molar-refractivity contribution >= 4 is 20.2 Å². The molecule has 2 N–H and O–H groups in total. The summed E-state index contributed by atoms with van der Waals surface area (Å²) in [6.45, 7) is 0.